The number of hydrogen-bond acceptors (Lipinski definition) is 5. The average molecular weight is 371 g/mol. The monoisotopic (exact) mass is 371 g/mol. The number of rotatable bonds is 7. The summed E-state index contributed by atoms with van der Waals surface area (Å²) >= 11 is 0. The van der Waals surface area contributed by atoms with Crippen LogP contribution in [0.4, 0.5) is 0 Å². The van der Waals surface area contributed by atoms with Crippen LogP contribution in [0.1, 0.15) is 41.5 Å². The number of carbonyl (C=O) groups excluding carboxylic acids is 2. The van der Waals surface area contributed by atoms with E-state index in [0.717, 1.165) is 17.0 Å². The van der Waals surface area contributed by atoms with Gasteiger partial charge in [-0.3, -0.25) is 9.48 Å². The second-order valence-corrected chi connectivity index (χ2v) is 6.45. The van der Waals surface area contributed by atoms with Crippen LogP contribution in [0.5, 0.6) is 5.75 Å². The minimum atomic E-state index is -0.431. The molecule has 0 N–H and O–H groups in total. The van der Waals surface area contributed by atoms with E-state index < -0.39 is 5.97 Å². The number of hydrogen-bond donors (Lipinski definition) is 0. The fourth-order valence-corrected chi connectivity index (χ4v) is 3.26. The topological polar surface area (TPSA) is 73.7 Å². The van der Waals surface area contributed by atoms with E-state index in [9.17, 15) is 9.59 Å². The molecule has 7 heteroatoms. The number of aromatic nitrogens is 2. The van der Waals surface area contributed by atoms with E-state index in [2.05, 4.69) is 5.10 Å². The number of ether oxygens (including phenoxy) is 2. The van der Waals surface area contributed by atoms with Crippen molar-refractivity contribution < 1.29 is 19.1 Å². The third-order valence-electron chi connectivity index (χ3n) is 4.61. The summed E-state index contributed by atoms with van der Waals surface area (Å²) < 4.78 is 12.4. The van der Waals surface area contributed by atoms with Gasteiger partial charge in [0.1, 0.15) is 5.75 Å². The van der Waals surface area contributed by atoms with Crippen LogP contribution < -0.4 is 4.74 Å². The van der Waals surface area contributed by atoms with Gasteiger partial charge in [-0.1, -0.05) is 18.2 Å². The van der Waals surface area contributed by atoms with Crippen LogP contribution in [-0.4, -0.2) is 46.3 Å². The molecule has 1 aliphatic rings. The van der Waals surface area contributed by atoms with E-state index in [-0.39, 0.29) is 5.91 Å². The summed E-state index contributed by atoms with van der Waals surface area (Å²) in [4.78, 5) is 26.5. The van der Waals surface area contributed by atoms with Crippen LogP contribution in [0, 0.1) is 0 Å². The molecule has 0 unspecified atom stereocenters. The maximum absolute atomic E-state index is 12.6. The van der Waals surface area contributed by atoms with E-state index >= 15 is 0 Å². The van der Waals surface area contributed by atoms with Crippen molar-refractivity contribution in [1.82, 2.24) is 14.7 Å². The number of esters is 1. The van der Waals surface area contributed by atoms with Gasteiger partial charge in [0.05, 0.1) is 13.2 Å². The van der Waals surface area contributed by atoms with Crippen molar-refractivity contribution in [2.45, 2.75) is 32.7 Å². The molecule has 7 nitrogen and oxygen atoms in total. The smallest absolute Gasteiger partial charge is 0.359 e. The fourth-order valence-electron chi connectivity index (χ4n) is 3.26. The Bertz CT molecular complexity index is 801. The van der Waals surface area contributed by atoms with Crippen LogP contribution in [0.25, 0.3) is 0 Å². The molecule has 3 rings (SSSR count). The second-order valence-electron chi connectivity index (χ2n) is 6.45. The predicted molar refractivity (Wildman–Crippen MR) is 99.5 cm³/mol. The minimum Gasteiger partial charge on any atom is -0.494 e. The highest BCUT2D eigenvalue weighted by Gasteiger charge is 2.29. The molecule has 0 atom stereocenters. The summed E-state index contributed by atoms with van der Waals surface area (Å²) in [5.41, 5.74) is 2.12. The van der Waals surface area contributed by atoms with Crippen molar-refractivity contribution in [2.75, 3.05) is 19.8 Å². The van der Waals surface area contributed by atoms with Gasteiger partial charge in [-0.15, -0.1) is 0 Å². The highest BCUT2D eigenvalue weighted by molar-refractivity contribution is 5.89. The Morgan fingerprint density at radius 2 is 2.00 bits per heavy atom. The molecule has 2 heterocycles. The van der Waals surface area contributed by atoms with E-state index in [0.29, 0.717) is 51.3 Å². The lowest BCUT2D eigenvalue weighted by Gasteiger charge is -2.27. The molecule has 0 aliphatic carbocycles. The molecular weight excluding hydrogens is 346 g/mol. The van der Waals surface area contributed by atoms with E-state index in [1.54, 1.807) is 16.5 Å². The average Bonchev–Trinajstić information content (AvgIpc) is 3.02. The maximum atomic E-state index is 12.6. The van der Waals surface area contributed by atoms with Crippen molar-refractivity contribution >= 4 is 11.9 Å². The molecular formula is C20H25N3O4. The van der Waals surface area contributed by atoms with Crippen molar-refractivity contribution in [3.63, 3.8) is 0 Å². The van der Waals surface area contributed by atoms with Gasteiger partial charge in [0.25, 0.3) is 0 Å². The summed E-state index contributed by atoms with van der Waals surface area (Å²) in [6, 6.07) is 9.56. The third kappa shape index (κ3) is 4.48. The molecule has 0 saturated heterocycles. The molecule has 0 fully saturated rings. The molecule has 0 spiro atoms. The Hall–Kier alpha value is -2.83. The molecule has 1 aromatic carbocycles. The van der Waals surface area contributed by atoms with Crippen LogP contribution in [-0.2, 0) is 29.5 Å². The summed E-state index contributed by atoms with van der Waals surface area (Å²) in [5, 5.41) is 4.30. The van der Waals surface area contributed by atoms with Gasteiger partial charge in [-0.05, 0) is 25.5 Å². The first kappa shape index (κ1) is 18.9. The zero-order valence-corrected chi connectivity index (χ0v) is 15.8. The number of nitrogens with zero attached hydrogens (tertiary/aromatic N) is 3. The number of aryl methyl sites for hydroxylation is 1. The van der Waals surface area contributed by atoms with Gasteiger partial charge >= 0.3 is 5.97 Å². The lowest BCUT2D eigenvalue weighted by Crippen LogP contribution is -2.36. The largest absolute Gasteiger partial charge is 0.494 e. The molecule has 0 radical (unpaired) electrons. The molecule has 1 amide bonds. The van der Waals surface area contributed by atoms with Gasteiger partial charge < -0.3 is 14.4 Å². The normalized spacial score (nSPS) is 13.2. The van der Waals surface area contributed by atoms with Gasteiger partial charge in [0.15, 0.2) is 5.69 Å². The fraction of sp³-hybridized carbons (Fsp3) is 0.450. The first-order chi connectivity index (χ1) is 13.1. The van der Waals surface area contributed by atoms with Crippen LogP contribution in [0.3, 0.4) is 0 Å². The lowest BCUT2D eigenvalue weighted by atomic mass is 10.0. The van der Waals surface area contributed by atoms with Crippen molar-refractivity contribution in [1.29, 1.82) is 0 Å². The second kappa shape index (κ2) is 8.70. The lowest BCUT2D eigenvalue weighted by molar-refractivity contribution is -0.132. The Labute approximate surface area is 158 Å². The van der Waals surface area contributed by atoms with E-state index in [1.165, 1.54) is 0 Å². The molecule has 0 bridgehead atoms. The SMILES string of the molecule is CCOC(=O)c1nn(C)c2c1CN(C(=O)CCCOc1ccccc1)CC2. The Morgan fingerprint density at radius 1 is 1.22 bits per heavy atom. The quantitative estimate of drug-likeness (QED) is 0.552. The van der Waals surface area contributed by atoms with Crippen molar-refractivity contribution in [2.24, 2.45) is 7.05 Å². The third-order valence-corrected chi connectivity index (χ3v) is 4.61. The maximum Gasteiger partial charge on any atom is 0.359 e. The highest BCUT2D eigenvalue weighted by atomic mass is 16.5. The summed E-state index contributed by atoms with van der Waals surface area (Å²) in [6.07, 6.45) is 1.75. The van der Waals surface area contributed by atoms with Crippen LogP contribution in [0.2, 0.25) is 0 Å². The molecule has 144 valence electrons. The number of para-hydroxylation sites is 1. The minimum absolute atomic E-state index is 0.0657. The Morgan fingerprint density at radius 3 is 2.74 bits per heavy atom. The van der Waals surface area contributed by atoms with Gasteiger partial charge in [-0.2, -0.15) is 5.10 Å². The summed E-state index contributed by atoms with van der Waals surface area (Å²) in [7, 11) is 1.82. The van der Waals surface area contributed by atoms with Gasteiger partial charge in [-0.25, -0.2) is 4.79 Å². The standard InChI is InChI=1S/C20H25N3O4/c1-3-26-20(25)19-16-14-23(12-11-17(16)22(2)21-19)18(24)10-7-13-27-15-8-5-4-6-9-15/h4-6,8-9H,3,7,10-14H2,1-2H3. The molecule has 2 aromatic rings. The number of carbonyl (C=O) groups is 2. The van der Waals surface area contributed by atoms with Gasteiger partial charge in [0.2, 0.25) is 5.91 Å². The van der Waals surface area contributed by atoms with Crippen LogP contribution >= 0.6 is 0 Å². The van der Waals surface area contributed by atoms with Crippen molar-refractivity contribution in [3.8, 4) is 5.75 Å². The van der Waals surface area contributed by atoms with E-state index in [1.807, 2.05) is 37.4 Å². The number of fused-ring (bicyclic) bond motifs is 1. The highest BCUT2D eigenvalue weighted by Crippen LogP contribution is 2.23. The Balaban J connectivity index is 1.55. The zero-order chi connectivity index (χ0) is 19.2. The van der Waals surface area contributed by atoms with Crippen LogP contribution in [0.15, 0.2) is 30.3 Å². The molecule has 1 aromatic heterocycles. The number of benzene rings is 1. The zero-order valence-electron chi connectivity index (χ0n) is 15.8. The van der Waals surface area contributed by atoms with Gasteiger partial charge in [0, 0.05) is 44.2 Å². The van der Waals surface area contributed by atoms with Crippen molar-refractivity contribution in [3.05, 3.63) is 47.3 Å². The summed E-state index contributed by atoms with van der Waals surface area (Å²) in [6.45, 7) is 3.59. The molecule has 1 aliphatic heterocycles. The van der Waals surface area contributed by atoms with E-state index in [4.69, 9.17) is 9.47 Å². The predicted octanol–water partition coefficient (Wildman–Crippen LogP) is 2.34. The Kier molecular flexibility index (Phi) is 6.11. The summed E-state index contributed by atoms with van der Waals surface area (Å²) in [5.74, 6) is 0.442. The number of amides is 1. The molecule has 27 heavy (non-hydrogen) atoms. The first-order valence-electron chi connectivity index (χ1n) is 9.27. The first-order valence-corrected chi connectivity index (χ1v) is 9.27. The molecule has 0 saturated carbocycles.